The Morgan fingerprint density at radius 1 is 1.44 bits per heavy atom. The second-order valence-electron chi connectivity index (χ2n) is 5.50. The minimum absolute atomic E-state index is 0.0450. The number of aliphatic carboxylic acids is 1. The number of carboxylic acid groups (broad SMARTS) is 1. The normalized spacial score (nSPS) is 12.2. The lowest BCUT2D eigenvalue weighted by atomic mass is 9.96. The molecule has 2 heterocycles. The lowest BCUT2D eigenvalue weighted by Gasteiger charge is -2.16. The van der Waals surface area contributed by atoms with Gasteiger partial charge < -0.3 is 5.11 Å². The summed E-state index contributed by atoms with van der Waals surface area (Å²) in [5.41, 5.74) is 0.715. The van der Waals surface area contributed by atoms with E-state index in [1.807, 2.05) is 11.6 Å². The van der Waals surface area contributed by atoms with Gasteiger partial charge in [0.25, 0.3) is 0 Å². The molecule has 0 amide bonds. The Bertz CT molecular complexity index is 589. The fourth-order valence-electron chi connectivity index (χ4n) is 1.98. The maximum atomic E-state index is 10.5. The molecule has 0 aliphatic heterocycles. The van der Waals surface area contributed by atoms with E-state index in [1.54, 1.807) is 10.7 Å². The Kier molecular flexibility index (Phi) is 2.88. The lowest BCUT2D eigenvalue weighted by Crippen LogP contribution is -2.17. The molecule has 0 aliphatic rings. The first-order valence-electron chi connectivity index (χ1n) is 5.92. The number of aryl methyl sites for hydroxylation is 2. The van der Waals surface area contributed by atoms with Crippen molar-refractivity contribution in [3.63, 3.8) is 0 Å². The van der Waals surface area contributed by atoms with Crippen LogP contribution in [-0.4, -0.2) is 30.2 Å². The smallest absolute Gasteiger partial charge is 0.303 e. The first-order chi connectivity index (χ1) is 8.29. The molecule has 0 bridgehead atoms. The summed E-state index contributed by atoms with van der Waals surface area (Å²) in [5, 5.41) is 13.2. The third-order valence-corrected chi connectivity index (χ3v) is 2.81. The number of fused-ring (bicyclic) bond motifs is 1. The Labute approximate surface area is 105 Å². The molecule has 1 N–H and O–H groups in total. The van der Waals surface area contributed by atoms with Crippen molar-refractivity contribution in [3.05, 3.63) is 17.7 Å². The second kappa shape index (κ2) is 4.12. The Morgan fingerprint density at radius 3 is 2.61 bits per heavy atom. The summed E-state index contributed by atoms with van der Waals surface area (Å²) in [6, 6.07) is 0. The first-order valence-corrected chi connectivity index (χ1v) is 5.92. The number of hydrogen-bond donors (Lipinski definition) is 1. The second-order valence-corrected chi connectivity index (χ2v) is 5.50. The standard InChI is InChI=1S/C12H18N4O2/c1-12(2,3)10-14-16-7-8(5-6-9(17)18)13-11(16)15(10)4/h7H,5-6H2,1-4H3,(H,17,18). The molecule has 0 aliphatic carbocycles. The van der Waals surface area contributed by atoms with E-state index in [-0.39, 0.29) is 11.8 Å². The number of rotatable bonds is 3. The van der Waals surface area contributed by atoms with E-state index in [4.69, 9.17) is 5.11 Å². The number of aromatic nitrogens is 4. The molecule has 6 heteroatoms. The van der Waals surface area contributed by atoms with Crippen LogP contribution in [0.4, 0.5) is 0 Å². The molecule has 0 atom stereocenters. The predicted molar refractivity (Wildman–Crippen MR) is 66.6 cm³/mol. The highest BCUT2D eigenvalue weighted by atomic mass is 16.4. The molecule has 0 saturated carbocycles. The highest BCUT2D eigenvalue weighted by Crippen LogP contribution is 2.21. The van der Waals surface area contributed by atoms with Crippen molar-refractivity contribution in [2.24, 2.45) is 7.05 Å². The van der Waals surface area contributed by atoms with Crippen molar-refractivity contribution >= 4 is 11.7 Å². The van der Waals surface area contributed by atoms with Crippen LogP contribution in [0, 0.1) is 0 Å². The summed E-state index contributed by atoms with van der Waals surface area (Å²) in [7, 11) is 1.93. The fraction of sp³-hybridized carbons (Fsp3) is 0.583. The van der Waals surface area contributed by atoms with E-state index in [0.717, 1.165) is 17.3 Å². The van der Waals surface area contributed by atoms with Crippen LogP contribution in [-0.2, 0) is 23.7 Å². The predicted octanol–water partition coefficient (Wildman–Crippen LogP) is 1.38. The van der Waals surface area contributed by atoms with Crippen LogP contribution in [0.1, 0.15) is 38.7 Å². The lowest BCUT2D eigenvalue weighted by molar-refractivity contribution is -0.136. The van der Waals surface area contributed by atoms with E-state index < -0.39 is 5.97 Å². The van der Waals surface area contributed by atoms with Crippen molar-refractivity contribution in [1.82, 2.24) is 19.2 Å². The van der Waals surface area contributed by atoms with Gasteiger partial charge in [-0.3, -0.25) is 9.36 Å². The number of carbonyl (C=O) groups is 1. The van der Waals surface area contributed by atoms with Gasteiger partial charge in [-0.15, -0.1) is 0 Å². The third kappa shape index (κ3) is 2.23. The molecule has 2 rings (SSSR count). The van der Waals surface area contributed by atoms with Crippen LogP contribution >= 0.6 is 0 Å². The molecule has 0 radical (unpaired) electrons. The Morgan fingerprint density at radius 2 is 2.11 bits per heavy atom. The van der Waals surface area contributed by atoms with Gasteiger partial charge in [0, 0.05) is 18.9 Å². The molecular formula is C12H18N4O2. The topological polar surface area (TPSA) is 72.4 Å². The molecule has 2 aromatic heterocycles. The van der Waals surface area contributed by atoms with Gasteiger partial charge in [-0.25, -0.2) is 9.50 Å². The summed E-state index contributed by atoms with van der Waals surface area (Å²) >= 11 is 0. The summed E-state index contributed by atoms with van der Waals surface area (Å²) in [6.07, 6.45) is 2.33. The SMILES string of the molecule is Cn1c(C(C)(C)C)nn2cc(CCC(=O)O)nc12. The van der Waals surface area contributed by atoms with Crippen LogP contribution in [0.5, 0.6) is 0 Å². The van der Waals surface area contributed by atoms with Gasteiger partial charge in [0.05, 0.1) is 18.3 Å². The summed E-state index contributed by atoms with van der Waals surface area (Å²) in [6.45, 7) is 6.29. The average Bonchev–Trinajstić information content (AvgIpc) is 2.74. The Balaban J connectivity index is 2.35. The molecule has 0 fully saturated rings. The van der Waals surface area contributed by atoms with Gasteiger partial charge in [-0.2, -0.15) is 5.10 Å². The molecule has 6 nitrogen and oxygen atoms in total. The molecule has 18 heavy (non-hydrogen) atoms. The van der Waals surface area contributed by atoms with Crippen LogP contribution < -0.4 is 0 Å². The quantitative estimate of drug-likeness (QED) is 0.893. The van der Waals surface area contributed by atoms with Gasteiger partial charge in [0.1, 0.15) is 5.82 Å². The third-order valence-electron chi connectivity index (χ3n) is 2.81. The van der Waals surface area contributed by atoms with E-state index in [1.165, 1.54) is 0 Å². The maximum absolute atomic E-state index is 10.5. The minimum Gasteiger partial charge on any atom is -0.481 e. The van der Waals surface area contributed by atoms with Crippen LogP contribution in [0.25, 0.3) is 5.78 Å². The van der Waals surface area contributed by atoms with Gasteiger partial charge in [-0.1, -0.05) is 20.8 Å². The molecule has 98 valence electrons. The van der Waals surface area contributed by atoms with Crippen LogP contribution in [0.3, 0.4) is 0 Å². The number of hydrogen-bond acceptors (Lipinski definition) is 3. The largest absolute Gasteiger partial charge is 0.481 e. The van der Waals surface area contributed by atoms with Crippen molar-refractivity contribution in [2.45, 2.75) is 39.0 Å². The molecule has 2 aromatic rings. The molecule has 0 spiro atoms. The first kappa shape index (κ1) is 12.6. The van der Waals surface area contributed by atoms with E-state index in [9.17, 15) is 4.79 Å². The highest BCUT2D eigenvalue weighted by Gasteiger charge is 2.22. The summed E-state index contributed by atoms with van der Waals surface area (Å²) in [5.74, 6) is 0.894. The maximum Gasteiger partial charge on any atom is 0.303 e. The molecule has 0 unspecified atom stereocenters. The highest BCUT2D eigenvalue weighted by molar-refractivity contribution is 5.67. The monoisotopic (exact) mass is 250 g/mol. The zero-order valence-corrected chi connectivity index (χ0v) is 11.1. The minimum atomic E-state index is -0.810. The van der Waals surface area contributed by atoms with Crippen molar-refractivity contribution in [1.29, 1.82) is 0 Å². The van der Waals surface area contributed by atoms with Crippen molar-refractivity contribution < 1.29 is 9.90 Å². The van der Waals surface area contributed by atoms with Gasteiger partial charge in [0.15, 0.2) is 0 Å². The Hall–Kier alpha value is -1.85. The van der Waals surface area contributed by atoms with Crippen LogP contribution in [0.15, 0.2) is 6.20 Å². The summed E-state index contributed by atoms with van der Waals surface area (Å²) < 4.78 is 3.67. The van der Waals surface area contributed by atoms with E-state index in [2.05, 4.69) is 30.9 Å². The fourth-order valence-corrected chi connectivity index (χ4v) is 1.98. The van der Waals surface area contributed by atoms with E-state index >= 15 is 0 Å². The van der Waals surface area contributed by atoms with Gasteiger partial charge >= 0.3 is 5.97 Å². The number of imidazole rings is 1. The van der Waals surface area contributed by atoms with Gasteiger partial charge in [0.2, 0.25) is 5.78 Å². The molecule has 0 aromatic carbocycles. The van der Waals surface area contributed by atoms with E-state index in [0.29, 0.717) is 6.42 Å². The molecular weight excluding hydrogens is 232 g/mol. The summed E-state index contributed by atoms with van der Waals surface area (Å²) in [4.78, 5) is 14.9. The van der Waals surface area contributed by atoms with Crippen molar-refractivity contribution in [3.8, 4) is 0 Å². The van der Waals surface area contributed by atoms with Crippen molar-refractivity contribution in [2.75, 3.05) is 0 Å². The zero-order valence-electron chi connectivity index (χ0n) is 11.1. The van der Waals surface area contributed by atoms with Gasteiger partial charge in [-0.05, 0) is 0 Å². The zero-order chi connectivity index (χ0) is 13.5. The number of nitrogens with zero attached hydrogens (tertiary/aromatic N) is 4. The average molecular weight is 250 g/mol. The van der Waals surface area contributed by atoms with Crippen LogP contribution in [0.2, 0.25) is 0 Å². The number of carboxylic acids is 1. The molecule has 0 saturated heterocycles.